The molecule has 23 heavy (non-hydrogen) atoms. The highest BCUT2D eigenvalue weighted by Gasteiger charge is 2.27. The van der Waals surface area contributed by atoms with E-state index in [1.165, 1.54) is 18.2 Å². The van der Waals surface area contributed by atoms with E-state index in [0.29, 0.717) is 6.42 Å². The lowest BCUT2D eigenvalue weighted by Crippen LogP contribution is -2.45. The second-order valence-electron chi connectivity index (χ2n) is 4.83. The zero-order valence-electron chi connectivity index (χ0n) is 12.4. The summed E-state index contributed by atoms with van der Waals surface area (Å²) in [6, 6.07) is 4.01. The van der Waals surface area contributed by atoms with Crippen LogP contribution >= 0.6 is 0 Å². The Balaban J connectivity index is 3.05. The first-order chi connectivity index (χ1) is 10.7. The van der Waals surface area contributed by atoms with Crippen molar-refractivity contribution in [3.63, 3.8) is 0 Å². The van der Waals surface area contributed by atoms with E-state index in [0.717, 1.165) is 0 Å². The maximum absolute atomic E-state index is 12.2. The number of carboxylic acid groups (broad SMARTS) is 1. The molecule has 0 aliphatic rings. The van der Waals surface area contributed by atoms with Crippen LogP contribution in [-0.2, 0) is 14.9 Å². The summed E-state index contributed by atoms with van der Waals surface area (Å²) in [5.41, 5.74) is 0.0791. The monoisotopic (exact) mass is 343 g/mol. The molecule has 0 heterocycles. The summed E-state index contributed by atoms with van der Waals surface area (Å²) >= 11 is 0. The summed E-state index contributed by atoms with van der Waals surface area (Å²) in [5.74, 6) is -3.96. The highest BCUT2D eigenvalue weighted by atomic mass is 32.2. The van der Waals surface area contributed by atoms with Crippen LogP contribution in [0.25, 0.3) is 0 Å². The predicted molar refractivity (Wildman–Crippen MR) is 81.0 cm³/mol. The number of carbonyl (C=O) groups excluding carboxylic acids is 2. The fourth-order valence-electron chi connectivity index (χ4n) is 1.91. The van der Waals surface area contributed by atoms with Crippen LogP contribution in [0.4, 0.5) is 0 Å². The minimum Gasteiger partial charge on any atom is -0.480 e. The maximum atomic E-state index is 12.2. The molecule has 1 atom stereocenters. The maximum Gasteiger partial charge on any atom is 0.327 e. The van der Waals surface area contributed by atoms with Gasteiger partial charge in [-0.15, -0.1) is 0 Å². The van der Waals surface area contributed by atoms with Gasteiger partial charge in [0.1, 0.15) is 11.8 Å². The zero-order chi connectivity index (χ0) is 17.6. The van der Waals surface area contributed by atoms with Crippen molar-refractivity contribution in [2.24, 2.45) is 0 Å². The Bertz CT molecular complexity index is 712. The van der Waals surface area contributed by atoms with E-state index in [2.05, 4.69) is 0 Å². The van der Waals surface area contributed by atoms with Crippen molar-refractivity contribution in [1.82, 2.24) is 5.32 Å². The Morgan fingerprint density at radius 2 is 1.74 bits per heavy atom. The molecular formula is C14H17NO7S. The molecule has 0 aromatic heterocycles. The molecule has 0 bridgehead atoms. The van der Waals surface area contributed by atoms with Crippen LogP contribution in [-0.4, -0.2) is 47.5 Å². The molecule has 0 saturated carbocycles. The largest absolute Gasteiger partial charge is 0.480 e. The SMILES string of the molecule is CCCC(=O)c1ccccc1C(=O)NC(CS(=O)(=O)O)C(=O)O. The molecule has 1 aromatic rings. The van der Waals surface area contributed by atoms with Crippen LogP contribution < -0.4 is 5.32 Å². The van der Waals surface area contributed by atoms with E-state index in [9.17, 15) is 22.8 Å². The molecule has 1 amide bonds. The van der Waals surface area contributed by atoms with Gasteiger partial charge in [-0.05, 0) is 12.5 Å². The van der Waals surface area contributed by atoms with Gasteiger partial charge in [-0.2, -0.15) is 8.42 Å². The third kappa shape index (κ3) is 5.80. The number of Topliss-reactive ketones (excluding diaryl/α,β-unsaturated/α-hetero) is 1. The van der Waals surface area contributed by atoms with Gasteiger partial charge >= 0.3 is 5.97 Å². The fraction of sp³-hybridized carbons (Fsp3) is 0.357. The molecule has 0 radical (unpaired) electrons. The summed E-state index contributed by atoms with van der Waals surface area (Å²) in [6.45, 7) is 1.80. The molecule has 9 heteroatoms. The van der Waals surface area contributed by atoms with Gasteiger partial charge in [-0.1, -0.05) is 25.1 Å². The Kier molecular flexibility index (Phi) is 6.40. The molecule has 126 valence electrons. The number of hydrogen-bond acceptors (Lipinski definition) is 5. The number of ketones is 1. The number of hydrogen-bond donors (Lipinski definition) is 3. The normalized spacial score (nSPS) is 12.4. The quantitative estimate of drug-likeness (QED) is 0.467. The zero-order valence-corrected chi connectivity index (χ0v) is 13.2. The van der Waals surface area contributed by atoms with Crippen molar-refractivity contribution in [3.8, 4) is 0 Å². The summed E-state index contributed by atoms with van der Waals surface area (Å²) in [4.78, 5) is 35.2. The van der Waals surface area contributed by atoms with Crippen molar-refractivity contribution in [1.29, 1.82) is 0 Å². The molecule has 1 aromatic carbocycles. The summed E-state index contributed by atoms with van der Waals surface area (Å²) in [7, 11) is -4.59. The van der Waals surface area contributed by atoms with E-state index in [4.69, 9.17) is 9.66 Å². The van der Waals surface area contributed by atoms with Gasteiger partial charge in [0, 0.05) is 12.0 Å². The van der Waals surface area contributed by atoms with Crippen LogP contribution in [0.3, 0.4) is 0 Å². The second-order valence-corrected chi connectivity index (χ2v) is 6.33. The van der Waals surface area contributed by atoms with Crippen molar-refractivity contribution in [2.75, 3.05) is 5.75 Å². The van der Waals surface area contributed by atoms with E-state index in [-0.39, 0.29) is 23.3 Å². The Morgan fingerprint density at radius 3 is 2.22 bits per heavy atom. The Hall–Kier alpha value is -2.26. The molecule has 8 nitrogen and oxygen atoms in total. The molecule has 3 N–H and O–H groups in total. The van der Waals surface area contributed by atoms with Crippen molar-refractivity contribution < 1.29 is 32.5 Å². The molecule has 0 aliphatic carbocycles. The first-order valence-electron chi connectivity index (χ1n) is 6.76. The van der Waals surface area contributed by atoms with Crippen LogP contribution in [0.5, 0.6) is 0 Å². The smallest absolute Gasteiger partial charge is 0.327 e. The number of aliphatic carboxylic acids is 1. The predicted octanol–water partition coefficient (Wildman–Crippen LogP) is 0.740. The Morgan fingerprint density at radius 1 is 1.17 bits per heavy atom. The van der Waals surface area contributed by atoms with Gasteiger partial charge in [0.15, 0.2) is 5.78 Å². The highest BCUT2D eigenvalue weighted by Crippen LogP contribution is 2.13. The number of amides is 1. The highest BCUT2D eigenvalue weighted by molar-refractivity contribution is 7.85. The van der Waals surface area contributed by atoms with E-state index in [1.807, 2.05) is 5.32 Å². The summed E-state index contributed by atoms with van der Waals surface area (Å²) in [5, 5.41) is 10.9. The third-order valence-corrected chi connectivity index (χ3v) is 3.68. The molecule has 1 unspecified atom stereocenters. The number of carboxylic acids is 1. The lowest BCUT2D eigenvalue weighted by atomic mass is 10.00. The Labute approximate surface area is 133 Å². The van der Waals surface area contributed by atoms with Crippen molar-refractivity contribution >= 4 is 27.8 Å². The van der Waals surface area contributed by atoms with Gasteiger partial charge in [0.05, 0.1) is 5.56 Å². The van der Waals surface area contributed by atoms with Crippen LogP contribution in [0.2, 0.25) is 0 Å². The van der Waals surface area contributed by atoms with Crippen molar-refractivity contribution in [2.45, 2.75) is 25.8 Å². The van der Waals surface area contributed by atoms with Gasteiger partial charge in [0.25, 0.3) is 16.0 Å². The summed E-state index contributed by atoms with van der Waals surface area (Å²) < 4.78 is 30.4. The summed E-state index contributed by atoms with van der Waals surface area (Å²) in [6.07, 6.45) is 0.799. The van der Waals surface area contributed by atoms with Gasteiger partial charge in [-0.3, -0.25) is 14.1 Å². The number of rotatable bonds is 8. The molecule has 0 aliphatic heterocycles. The standard InChI is InChI=1S/C14H17NO7S/c1-2-5-12(16)9-6-3-4-7-10(9)13(17)15-11(14(18)19)8-23(20,21)22/h3-4,6-7,11H,2,5,8H2,1H3,(H,15,17)(H,18,19)(H,20,21,22). The molecule has 0 saturated heterocycles. The topological polar surface area (TPSA) is 138 Å². The molecule has 1 rings (SSSR count). The average Bonchev–Trinajstić information content (AvgIpc) is 2.45. The van der Waals surface area contributed by atoms with Gasteiger partial charge in [0.2, 0.25) is 0 Å². The first kappa shape index (κ1) is 18.8. The first-order valence-corrected chi connectivity index (χ1v) is 8.37. The van der Waals surface area contributed by atoms with Crippen LogP contribution in [0, 0.1) is 0 Å². The van der Waals surface area contributed by atoms with Crippen LogP contribution in [0.1, 0.15) is 40.5 Å². The minimum atomic E-state index is -4.59. The van der Waals surface area contributed by atoms with Gasteiger partial charge < -0.3 is 10.4 Å². The van der Waals surface area contributed by atoms with Gasteiger partial charge in [-0.25, -0.2) is 4.79 Å². The molecule has 0 spiro atoms. The van der Waals surface area contributed by atoms with Crippen molar-refractivity contribution in [3.05, 3.63) is 35.4 Å². The van der Waals surface area contributed by atoms with E-state index < -0.39 is 33.8 Å². The van der Waals surface area contributed by atoms with E-state index in [1.54, 1.807) is 13.0 Å². The minimum absolute atomic E-state index is 0.0486. The number of carbonyl (C=O) groups is 3. The number of benzene rings is 1. The molecular weight excluding hydrogens is 326 g/mol. The second kappa shape index (κ2) is 7.84. The number of nitrogens with one attached hydrogen (secondary N) is 1. The lowest BCUT2D eigenvalue weighted by molar-refractivity contribution is -0.138. The lowest BCUT2D eigenvalue weighted by Gasteiger charge is -2.14. The fourth-order valence-corrected chi connectivity index (χ4v) is 2.55. The van der Waals surface area contributed by atoms with Crippen LogP contribution in [0.15, 0.2) is 24.3 Å². The molecule has 0 fully saturated rings. The van der Waals surface area contributed by atoms with E-state index >= 15 is 0 Å². The average molecular weight is 343 g/mol. The third-order valence-electron chi connectivity index (χ3n) is 2.93.